The van der Waals surface area contributed by atoms with Gasteiger partial charge in [-0.2, -0.15) is 0 Å². The van der Waals surface area contributed by atoms with Crippen LogP contribution in [0.25, 0.3) is 0 Å². The van der Waals surface area contributed by atoms with Crippen molar-refractivity contribution in [1.29, 1.82) is 0 Å². The molecule has 0 atom stereocenters. The lowest BCUT2D eigenvalue weighted by atomic mass is 10.00. The Balaban J connectivity index is 1.96. The van der Waals surface area contributed by atoms with E-state index in [0.29, 0.717) is 0 Å². The van der Waals surface area contributed by atoms with Gasteiger partial charge in [-0.05, 0) is 25.7 Å². The van der Waals surface area contributed by atoms with E-state index in [1.54, 1.807) is 0 Å². The number of hydrogen-bond acceptors (Lipinski definition) is 2. The third-order valence-electron chi connectivity index (χ3n) is 5.41. The molecule has 0 spiro atoms. The first-order chi connectivity index (χ1) is 9.21. The van der Waals surface area contributed by atoms with E-state index in [1.165, 1.54) is 64.2 Å². The summed E-state index contributed by atoms with van der Waals surface area (Å²) in [5.74, 6) is 0. The van der Waals surface area contributed by atoms with Gasteiger partial charge in [-0.3, -0.25) is 0 Å². The second-order valence-corrected chi connectivity index (χ2v) is 10.1. The molecule has 0 unspecified atom stereocenters. The lowest BCUT2D eigenvalue weighted by Crippen LogP contribution is -2.46. The largest absolute Gasteiger partial charge is 0.410 e. The summed E-state index contributed by atoms with van der Waals surface area (Å²) >= 11 is 0. The SMILES string of the molecule is O[Si](O)(C1CCCCCCC1)C1CCCCCCC1. The van der Waals surface area contributed by atoms with Crippen LogP contribution in [-0.4, -0.2) is 18.2 Å². The van der Waals surface area contributed by atoms with Crippen LogP contribution in [-0.2, 0) is 0 Å². The zero-order valence-electron chi connectivity index (χ0n) is 12.4. The zero-order chi connectivity index (χ0) is 13.6. The molecule has 0 aromatic rings. The molecule has 0 aliphatic heterocycles. The minimum Gasteiger partial charge on any atom is -0.410 e. The Bertz CT molecular complexity index is 215. The average Bonchev–Trinajstić information content (AvgIpc) is 2.26. The Labute approximate surface area is 119 Å². The highest BCUT2D eigenvalue weighted by atomic mass is 28.4. The normalized spacial score (nSPS) is 26.2. The molecule has 0 bridgehead atoms. The molecule has 2 fully saturated rings. The Kier molecular flexibility index (Phi) is 6.37. The van der Waals surface area contributed by atoms with Gasteiger partial charge in [0.25, 0.3) is 0 Å². The zero-order valence-corrected chi connectivity index (χ0v) is 13.4. The molecule has 3 heteroatoms. The van der Waals surface area contributed by atoms with Gasteiger partial charge in [0.2, 0.25) is 0 Å². The van der Waals surface area contributed by atoms with Crippen molar-refractivity contribution in [2.45, 2.75) is 101 Å². The molecule has 2 N–H and O–H groups in total. The smallest absolute Gasteiger partial charge is 0.339 e. The lowest BCUT2D eigenvalue weighted by molar-refractivity contribution is 0.282. The van der Waals surface area contributed by atoms with Crippen LogP contribution in [0.3, 0.4) is 0 Å². The predicted molar refractivity (Wildman–Crippen MR) is 82.3 cm³/mol. The highest BCUT2D eigenvalue weighted by molar-refractivity contribution is 6.67. The Hall–Kier alpha value is 0.137. The molecule has 0 heterocycles. The van der Waals surface area contributed by atoms with E-state index < -0.39 is 8.56 Å². The summed E-state index contributed by atoms with van der Waals surface area (Å²) < 4.78 is 0. The van der Waals surface area contributed by atoms with Crippen LogP contribution in [0.1, 0.15) is 89.9 Å². The average molecular weight is 285 g/mol. The first-order valence-corrected chi connectivity index (χ1v) is 10.7. The van der Waals surface area contributed by atoms with E-state index in [4.69, 9.17) is 0 Å². The van der Waals surface area contributed by atoms with Gasteiger partial charge >= 0.3 is 8.56 Å². The molecule has 2 aliphatic rings. The molecule has 0 amide bonds. The lowest BCUT2D eigenvalue weighted by Gasteiger charge is -2.36. The molecular formula is C16H32O2Si. The second kappa shape index (κ2) is 7.80. The number of hydrogen-bond donors (Lipinski definition) is 2. The molecule has 2 saturated carbocycles. The Morgan fingerprint density at radius 3 is 1.05 bits per heavy atom. The molecular weight excluding hydrogens is 252 g/mol. The van der Waals surface area contributed by atoms with E-state index in [0.717, 1.165) is 25.7 Å². The first-order valence-electron chi connectivity index (χ1n) is 8.66. The van der Waals surface area contributed by atoms with Crippen LogP contribution < -0.4 is 0 Å². The maximum Gasteiger partial charge on any atom is 0.339 e. The van der Waals surface area contributed by atoms with Gasteiger partial charge < -0.3 is 9.59 Å². The van der Waals surface area contributed by atoms with Gasteiger partial charge in [-0.25, -0.2) is 0 Å². The predicted octanol–water partition coefficient (Wildman–Crippen LogP) is 4.64. The van der Waals surface area contributed by atoms with E-state index in [1.807, 2.05) is 0 Å². The fourth-order valence-corrected chi connectivity index (χ4v) is 7.28. The molecule has 0 aromatic carbocycles. The first kappa shape index (κ1) is 15.5. The second-order valence-electron chi connectivity index (χ2n) is 6.87. The van der Waals surface area contributed by atoms with Crippen molar-refractivity contribution >= 4 is 8.56 Å². The molecule has 2 aliphatic carbocycles. The highest BCUT2D eigenvalue weighted by Crippen LogP contribution is 2.43. The summed E-state index contributed by atoms with van der Waals surface area (Å²) in [6.45, 7) is 0. The summed E-state index contributed by atoms with van der Waals surface area (Å²) in [7, 11) is -3.01. The van der Waals surface area contributed by atoms with Crippen LogP contribution in [0.2, 0.25) is 11.1 Å². The van der Waals surface area contributed by atoms with Crippen LogP contribution in [0.4, 0.5) is 0 Å². The Morgan fingerprint density at radius 1 is 0.474 bits per heavy atom. The molecule has 2 rings (SSSR count). The third-order valence-corrected chi connectivity index (χ3v) is 8.97. The van der Waals surface area contributed by atoms with Crippen LogP contribution in [0.15, 0.2) is 0 Å². The summed E-state index contributed by atoms with van der Waals surface area (Å²) in [5.41, 5.74) is 0.523. The molecule has 2 nitrogen and oxygen atoms in total. The molecule has 0 saturated heterocycles. The van der Waals surface area contributed by atoms with Crippen LogP contribution in [0, 0.1) is 0 Å². The summed E-state index contributed by atoms with van der Waals surface area (Å²) in [6.07, 6.45) is 17.1. The summed E-state index contributed by atoms with van der Waals surface area (Å²) in [6, 6.07) is 0. The minimum absolute atomic E-state index is 0.261. The van der Waals surface area contributed by atoms with Crippen LogP contribution >= 0.6 is 0 Å². The van der Waals surface area contributed by atoms with Crippen molar-refractivity contribution < 1.29 is 9.59 Å². The van der Waals surface area contributed by atoms with Gasteiger partial charge in [0.15, 0.2) is 0 Å². The van der Waals surface area contributed by atoms with Crippen molar-refractivity contribution in [3.8, 4) is 0 Å². The summed E-state index contributed by atoms with van der Waals surface area (Å²) in [4.78, 5) is 21.8. The molecule has 0 aromatic heterocycles. The van der Waals surface area contributed by atoms with Crippen molar-refractivity contribution in [2.75, 3.05) is 0 Å². The van der Waals surface area contributed by atoms with E-state index in [2.05, 4.69) is 0 Å². The van der Waals surface area contributed by atoms with E-state index in [-0.39, 0.29) is 11.1 Å². The van der Waals surface area contributed by atoms with Crippen molar-refractivity contribution in [3.05, 3.63) is 0 Å². The monoisotopic (exact) mass is 284 g/mol. The highest BCUT2D eigenvalue weighted by Gasteiger charge is 2.45. The molecule has 0 radical (unpaired) electrons. The van der Waals surface area contributed by atoms with Gasteiger partial charge in [0.05, 0.1) is 0 Å². The van der Waals surface area contributed by atoms with E-state index in [9.17, 15) is 9.59 Å². The van der Waals surface area contributed by atoms with Crippen molar-refractivity contribution in [3.63, 3.8) is 0 Å². The summed E-state index contributed by atoms with van der Waals surface area (Å²) in [5, 5.41) is 0. The van der Waals surface area contributed by atoms with Gasteiger partial charge in [0, 0.05) is 11.1 Å². The van der Waals surface area contributed by atoms with E-state index >= 15 is 0 Å². The minimum atomic E-state index is -3.01. The number of rotatable bonds is 2. The fraction of sp³-hybridized carbons (Fsp3) is 1.00. The third kappa shape index (κ3) is 4.57. The van der Waals surface area contributed by atoms with Gasteiger partial charge in [-0.15, -0.1) is 0 Å². The topological polar surface area (TPSA) is 40.5 Å². The van der Waals surface area contributed by atoms with Gasteiger partial charge in [0.1, 0.15) is 0 Å². The molecule has 19 heavy (non-hydrogen) atoms. The molecule has 112 valence electrons. The van der Waals surface area contributed by atoms with Crippen LogP contribution in [0.5, 0.6) is 0 Å². The van der Waals surface area contributed by atoms with Crippen molar-refractivity contribution in [2.24, 2.45) is 0 Å². The van der Waals surface area contributed by atoms with Crippen molar-refractivity contribution in [1.82, 2.24) is 0 Å². The standard InChI is InChI=1S/C16H32O2Si/c17-19(18,15-11-7-3-1-4-8-12-15)16-13-9-5-2-6-10-14-16/h15-18H,1-14H2. The quantitative estimate of drug-likeness (QED) is 0.725. The maximum atomic E-state index is 10.9. The fourth-order valence-electron chi connectivity index (χ4n) is 4.10. The Morgan fingerprint density at radius 2 is 0.737 bits per heavy atom. The van der Waals surface area contributed by atoms with Gasteiger partial charge in [-0.1, -0.05) is 64.2 Å². The maximum absolute atomic E-state index is 10.9.